The molecule has 1 aromatic rings. The van der Waals surface area contributed by atoms with Gasteiger partial charge in [-0.3, -0.25) is 0 Å². The third kappa shape index (κ3) is 4.31. The SMILES string of the molecule is CC[C@@H](F)CN(C)CCCn1ccnc1C. The van der Waals surface area contributed by atoms with Crippen LogP contribution >= 0.6 is 0 Å². The van der Waals surface area contributed by atoms with Gasteiger partial charge in [0.1, 0.15) is 12.0 Å². The van der Waals surface area contributed by atoms with Crippen LogP contribution in [0.2, 0.25) is 0 Å². The molecule has 0 aliphatic rings. The molecule has 0 bridgehead atoms. The topological polar surface area (TPSA) is 21.1 Å². The van der Waals surface area contributed by atoms with Crippen molar-refractivity contribution in [3.63, 3.8) is 0 Å². The van der Waals surface area contributed by atoms with E-state index in [9.17, 15) is 4.39 Å². The van der Waals surface area contributed by atoms with Crippen LogP contribution in [0, 0.1) is 6.92 Å². The summed E-state index contributed by atoms with van der Waals surface area (Å²) in [5.41, 5.74) is 0. The minimum absolute atomic E-state index is 0.541. The molecule has 92 valence electrons. The summed E-state index contributed by atoms with van der Waals surface area (Å²) in [4.78, 5) is 6.22. The van der Waals surface area contributed by atoms with Crippen molar-refractivity contribution in [2.45, 2.75) is 39.4 Å². The zero-order valence-electron chi connectivity index (χ0n) is 10.5. The molecule has 3 nitrogen and oxygen atoms in total. The Labute approximate surface area is 97.3 Å². The van der Waals surface area contributed by atoms with Crippen LogP contribution in [0.1, 0.15) is 25.6 Å². The Morgan fingerprint density at radius 2 is 2.31 bits per heavy atom. The van der Waals surface area contributed by atoms with Crippen molar-refractivity contribution >= 4 is 0 Å². The van der Waals surface area contributed by atoms with Gasteiger partial charge in [-0.2, -0.15) is 0 Å². The Balaban J connectivity index is 2.18. The summed E-state index contributed by atoms with van der Waals surface area (Å²) in [6.45, 7) is 6.31. The number of aromatic nitrogens is 2. The van der Waals surface area contributed by atoms with Crippen molar-refractivity contribution < 1.29 is 4.39 Å². The van der Waals surface area contributed by atoms with E-state index in [4.69, 9.17) is 0 Å². The highest BCUT2D eigenvalue weighted by Gasteiger charge is 2.07. The van der Waals surface area contributed by atoms with E-state index in [-0.39, 0.29) is 0 Å². The van der Waals surface area contributed by atoms with Crippen LogP contribution in [-0.4, -0.2) is 40.8 Å². The van der Waals surface area contributed by atoms with E-state index in [0.717, 1.165) is 25.3 Å². The first-order chi connectivity index (χ1) is 7.63. The second kappa shape index (κ2) is 6.63. The molecular weight excluding hydrogens is 205 g/mol. The monoisotopic (exact) mass is 227 g/mol. The fraction of sp³-hybridized carbons (Fsp3) is 0.750. The van der Waals surface area contributed by atoms with E-state index in [1.54, 1.807) is 0 Å². The quantitative estimate of drug-likeness (QED) is 0.712. The summed E-state index contributed by atoms with van der Waals surface area (Å²) in [5.74, 6) is 1.04. The lowest BCUT2D eigenvalue weighted by atomic mass is 10.3. The number of nitrogens with zero attached hydrogens (tertiary/aromatic N) is 3. The molecule has 0 aliphatic carbocycles. The average Bonchev–Trinajstić information content (AvgIpc) is 2.64. The molecule has 0 radical (unpaired) electrons. The maximum atomic E-state index is 13.1. The third-order valence-corrected chi connectivity index (χ3v) is 2.82. The fourth-order valence-corrected chi connectivity index (χ4v) is 1.71. The number of rotatable bonds is 7. The largest absolute Gasteiger partial charge is 0.335 e. The first-order valence-electron chi connectivity index (χ1n) is 5.93. The molecule has 0 amide bonds. The van der Waals surface area contributed by atoms with E-state index in [1.165, 1.54) is 0 Å². The van der Waals surface area contributed by atoms with E-state index >= 15 is 0 Å². The van der Waals surface area contributed by atoms with E-state index in [2.05, 4.69) is 14.5 Å². The number of hydrogen-bond donors (Lipinski definition) is 0. The summed E-state index contributed by atoms with van der Waals surface area (Å²) in [7, 11) is 1.98. The summed E-state index contributed by atoms with van der Waals surface area (Å²) in [6.07, 6.45) is 4.74. The Morgan fingerprint density at radius 1 is 1.56 bits per heavy atom. The molecule has 0 N–H and O–H groups in total. The van der Waals surface area contributed by atoms with Crippen molar-refractivity contribution in [2.75, 3.05) is 20.1 Å². The molecule has 1 rings (SSSR count). The molecular formula is C12H22FN3. The van der Waals surface area contributed by atoms with Crippen LogP contribution in [0.4, 0.5) is 4.39 Å². The first-order valence-corrected chi connectivity index (χ1v) is 5.93. The van der Waals surface area contributed by atoms with Crippen LogP contribution in [0.15, 0.2) is 12.4 Å². The minimum Gasteiger partial charge on any atom is -0.335 e. The standard InChI is InChI=1S/C12H22FN3/c1-4-12(13)10-15(3)7-5-8-16-9-6-14-11(16)2/h6,9,12H,4-5,7-8,10H2,1-3H3/t12-/m1/s1. The lowest BCUT2D eigenvalue weighted by Gasteiger charge is -2.18. The van der Waals surface area contributed by atoms with Gasteiger partial charge < -0.3 is 9.47 Å². The Kier molecular flexibility index (Phi) is 5.46. The third-order valence-electron chi connectivity index (χ3n) is 2.82. The van der Waals surface area contributed by atoms with Gasteiger partial charge in [-0.05, 0) is 33.4 Å². The highest BCUT2D eigenvalue weighted by Crippen LogP contribution is 2.02. The first kappa shape index (κ1) is 13.2. The van der Waals surface area contributed by atoms with Gasteiger partial charge in [0.2, 0.25) is 0 Å². The molecule has 1 heterocycles. The molecule has 0 aliphatic heterocycles. The maximum absolute atomic E-state index is 13.1. The molecule has 0 fully saturated rings. The van der Waals surface area contributed by atoms with Crippen LogP contribution in [0.3, 0.4) is 0 Å². The van der Waals surface area contributed by atoms with Crippen molar-refractivity contribution in [3.8, 4) is 0 Å². The highest BCUT2D eigenvalue weighted by atomic mass is 19.1. The van der Waals surface area contributed by atoms with Gasteiger partial charge >= 0.3 is 0 Å². The van der Waals surface area contributed by atoms with Crippen LogP contribution < -0.4 is 0 Å². The van der Waals surface area contributed by atoms with Crippen LogP contribution in [0.5, 0.6) is 0 Å². The Morgan fingerprint density at radius 3 is 2.88 bits per heavy atom. The lowest BCUT2D eigenvalue weighted by Crippen LogP contribution is -2.28. The van der Waals surface area contributed by atoms with Gasteiger partial charge in [-0.1, -0.05) is 6.92 Å². The van der Waals surface area contributed by atoms with Gasteiger partial charge in [-0.15, -0.1) is 0 Å². The van der Waals surface area contributed by atoms with Crippen molar-refractivity contribution in [2.24, 2.45) is 0 Å². The van der Waals surface area contributed by atoms with Crippen LogP contribution in [0.25, 0.3) is 0 Å². The second-order valence-corrected chi connectivity index (χ2v) is 4.29. The smallest absolute Gasteiger partial charge is 0.112 e. The molecule has 0 aromatic carbocycles. The Hall–Kier alpha value is -0.900. The molecule has 1 aromatic heterocycles. The molecule has 0 spiro atoms. The van der Waals surface area contributed by atoms with Crippen LogP contribution in [-0.2, 0) is 6.54 Å². The number of hydrogen-bond acceptors (Lipinski definition) is 2. The maximum Gasteiger partial charge on any atom is 0.112 e. The fourth-order valence-electron chi connectivity index (χ4n) is 1.71. The van der Waals surface area contributed by atoms with Gasteiger partial charge in [0.25, 0.3) is 0 Å². The van der Waals surface area contributed by atoms with Gasteiger partial charge in [0.05, 0.1) is 0 Å². The zero-order valence-corrected chi connectivity index (χ0v) is 10.5. The number of alkyl halides is 1. The minimum atomic E-state index is -0.694. The molecule has 0 saturated carbocycles. The summed E-state index contributed by atoms with van der Waals surface area (Å²) in [6, 6.07) is 0. The van der Waals surface area contributed by atoms with Gasteiger partial charge in [0.15, 0.2) is 0 Å². The Bertz CT molecular complexity index is 298. The summed E-state index contributed by atoms with van der Waals surface area (Å²) >= 11 is 0. The van der Waals surface area contributed by atoms with E-state index in [0.29, 0.717) is 13.0 Å². The van der Waals surface area contributed by atoms with E-state index < -0.39 is 6.17 Å². The summed E-state index contributed by atoms with van der Waals surface area (Å²) < 4.78 is 15.2. The zero-order chi connectivity index (χ0) is 12.0. The predicted molar refractivity (Wildman–Crippen MR) is 64.3 cm³/mol. The van der Waals surface area contributed by atoms with Crippen molar-refractivity contribution in [1.82, 2.24) is 14.5 Å². The van der Waals surface area contributed by atoms with E-state index in [1.807, 2.05) is 33.3 Å². The normalized spacial score (nSPS) is 13.3. The number of halogens is 1. The molecule has 16 heavy (non-hydrogen) atoms. The summed E-state index contributed by atoms with van der Waals surface area (Å²) in [5, 5.41) is 0. The number of aryl methyl sites for hydroxylation is 2. The van der Waals surface area contributed by atoms with Gasteiger partial charge in [0, 0.05) is 25.5 Å². The predicted octanol–water partition coefficient (Wildman–Crippen LogP) is 2.26. The highest BCUT2D eigenvalue weighted by molar-refractivity contribution is 4.88. The van der Waals surface area contributed by atoms with Crippen molar-refractivity contribution in [1.29, 1.82) is 0 Å². The number of imidazole rings is 1. The molecule has 0 saturated heterocycles. The van der Waals surface area contributed by atoms with Gasteiger partial charge in [-0.25, -0.2) is 9.37 Å². The molecule has 4 heteroatoms. The lowest BCUT2D eigenvalue weighted by molar-refractivity contribution is 0.212. The molecule has 1 atom stereocenters. The second-order valence-electron chi connectivity index (χ2n) is 4.29. The molecule has 0 unspecified atom stereocenters. The van der Waals surface area contributed by atoms with Crippen molar-refractivity contribution in [3.05, 3.63) is 18.2 Å². The average molecular weight is 227 g/mol.